The zero-order chi connectivity index (χ0) is 11.4. The predicted molar refractivity (Wildman–Crippen MR) is 75.8 cm³/mol. The highest BCUT2D eigenvalue weighted by Crippen LogP contribution is 2.31. The van der Waals surface area contributed by atoms with Crippen molar-refractivity contribution in [3.63, 3.8) is 0 Å². The van der Waals surface area contributed by atoms with Gasteiger partial charge in [0.05, 0.1) is 9.67 Å². The summed E-state index contributed by atoms with van der Waals surface area (Å²) in [6.07, 6.45) is 6.92. The molecule has 16 heavy (non-hydrogen) atoms. The van der Waals surface area contributed by atoms with Gasteiger partial charge in [-0.15, -0.1) is 0 Å². The first-order valence-electron chi connectivity index (χ1n) is 6.20. The Kier molecular flexibility index (Phi) is 4.50. The summed E-state index contributed by atoms with van der Waals surface area (Å²) in [6, 6.07) is 8.30. The van der Waals surface area contributed by atoms with Crippen molar-refractivity contribution < 1.29 is 4.74 Å². The lowest BCUT2D eigenvalue weighted by molar-refractivity contribution is 0.121. The molecule has 2 unspecified atom stereocenters. The molecular formula is C14H19IO. The SMILES string of the molecule is CCC1CCCC(Oc2ccccc2I)C1. The van der Waals surface area contributed by atoms with Gasteiger partial charge in [-0.3, -0.25) is 0 Å². The lowest BCUT2D eigenvalue weighted by Gasteiger charge is -2.29. The maximum absolute atomic E-state index is 6.11. The van der Waals surface area contributed by atoms with E-state index < -0.39 is 0 Å². The molecule has 2 rings (SSSR count). The molecule has 2 atom stereocenters. The molecule has 1 aromatic carbocycles. The quantitative estimate of drug-likeness (QED) is 0.734. The summed E-state index contributed by atoms with van der Waals surface area (Å²) in [5.74, 6) is 1.94. The number of ether oxygens (including phenoxy) is 1. The zero-order valence-corrected chi connectivity index (χ0v) is 11.9. The van der Waals surface area contributed by atoms with Crippen molar-refractivity contribution in [2.45, 2.75) is 45.1 Å². The van der Waals surface area contributed by atoms with Crippen LogP contribution in [0.25, 0.3) is 0 Å². The van der Waals surface area contributed by atoms with Crippen molar-refractivity contribution in [1.29, 1.82) is 0 Å². The van der Waals surface area contributed by atoms with Gasteiger partial charge in [0.1, 0.15) is 5.75 Å². The topological polar surface area (TPSA) is 9.23 Å². The summed E-state index contributed by atoms with van der Waals surface area (Å²) in [5.41, 5.74) is 0. The fraction of sp³-hybridized carbons (Fsp3) is 0.571. The van der Waals surface area contributed by atoms with Gasteiger partial charge in [0.15, 0.2) is 0 Å². The van der Waals surface area contributed by atoms with Crippen LogP contribution in [0.3, 0.4) is 0 Å². The van der Waals surface area contributed by atoms with Crippen LogP contribution < -0.4 is 4.74 Å². The Labute approximate surface area is 112 Å². The van der Waals surface area contributed by atoms with Gasteiger partial charge < -0.3 is 4.74 Å². The lowest BCUT2D eigenvalue weighted by Crippen LogP contribution is -2.25. The molecule has 2 heteroatoms. The summed E-state index contributed by atoms with van der Waals surface area (Å²) in [4.78, 5) is 0. The van der Waals surface area contributed by atoms with Gasteiger partial charge in [0.25, 0.3) is 0 Å². The zero-order valence-electron chi connectivity index (χ0n) is 9.79. The van der Waals surface area contributed by atoms with Crippen molar-refractivity contribution in [3.05, 3.63) is 27.8 Å². The van der Waals surface area contributed by atoms with Crippen molar-refractivity contribution in [1.82, 2.24) is 0 Å². The first kappa shape index (κ1) is 12.2. The van der Waals surface area contributed by atoms with Crippen LogP contribution in [-0.2, 0) is 0 Å². The van der Waals surface area contributed by atoms with Crippen LogP contribution in [0.1, 0.15) is 39.0 Å². The highest BCUT2D eigenvalue weighted by Gasteiger charge is 2.22. The standard InChI is InChI=1S/C14H19IO/c1-2-11-6-5-7-12(10-11)16-14-9-4-3-8-13(14)15/h3-4,8-9,11-12H,2,5-7,10H2,1H3. The molecule has 88 valence electrons. The molecule has 1 nitrogen and oxygen atoms in total. The average Bonchev–Trinajstić information content (AvgIpc) is 2.32. The smallest absolute Gasteiger partial charge is 0.133 e. The maximum atomic E-state index is 6.11. The Balaban J connectivity index is 1.97. The van der Waals surface area contributed by atoms with Gasteiger partial charge in [-0.25, -0.2) is 0 Å². The summed E-state index contributed by atoms with van der Waals surface area (Å²) >= 11 is 2.35. The Morgan fingerprint density at radius 2 is 2.12 bits per heavy atom. The highest BCUT2D eigenvalue weighted by atomic mass is 127. The molecule has 0 radical (unpaired) electrons. The predicted octanol–water partition coefficient (Wildman–Crippen LogP) is 4.64. The van der Waals surface area contributed by atoms with E-state index in [-0.39, 0.29) is 0 Å². The lowest BCUT2D eigenvalue weighted by atomic mass is 9.85. The maximum Gasteiger partial charge on any atom is 0.133 e. The number of halogens is 1. The number of benzene rings is 1. The fourth-order valence-corrected chi connectivity index (χ4v) is 2.95. The van der Waals surface area contributed by atoms with E-state index in [4.69, 9.17) is 4.74 Å². The third-order valence-electron chi connectivity index (χ3n) is 3.44. The average molecular weight is 330 g/mol. The van der Waals surface area contributed by atoms with E-state index in [0.717, 1.165) is 11.7 Å². The minimum atomic E-state index is 0.439. The first-order chi connectivity index (χ1) is 7.79. The Morgan fingerprint density at radius 1 is 1.31 bits per heavy atom. The van der Waals surface area contributed by atoms with Crippen LogP contribution in [0.4, 0.5) is 0 Å². The normalized spacial score (nSPS) is 25.4. The second-order valence-electron chi connectivity index (χ2n) is 4.61. The fourth-order valence-electron chi connectivity index (χ4n) is 2.44. The molecule has 0 spiro atoms. The molecule has 1 aliphatic rings. The highest BCUT2D eigenvalue weighted by molar-refractivity contribution is 14.1. The molecule has 1 fully saturated rings. The van der Waals surface area contributed by atoms with Crippen molar-refractivity contribution >= 4 is 22.6 Å². The molecule has 0 N–H and O–H groups in total. The molecule has 0 heterocycles. The third-order valence-corrected chi connectivity index (χ3v) is 4.33. The summed E-state index contributed by atoms with van der Waals surface area (Å²) < 4.78 is 7.33. The number of para-hydroxylation sites is 1. The summed E-state index contributed by atoms with van der Waals surface area (Å²) in [6.45, 7) is 2.29. The van der Waals surface area contributed by atoms with E-state index in [1.807, 2.05) is 0 Å². The van der Waals surface area contributed by atoms with E-state index in [1.165, 1.54) is 35.7 Å². The molecule has 0 aliphatic heterocycles. The van der Waals surface area contributed by atoms with Gasteiger partial charge in [0, 0.05) is 0 Å². The van der Waals surface area contributed by atoms with E-state index in [0.29, 0.717) is 6.10 Å². The summed E-state index contributed by atoms with van der Waals surface area (Å²) in [5, 5.41) is 0. The number of rotatable bonds is 3. The molecule has 0 amide bonds. The van der Waals surface area contributed by atoms with Crippen LogP contribution in [0.15, 0.2) is 24.3 Å². The van der Waals surface area contributed by atoms with E-state index >= 15 is 0 Å². The van der Waals surface area contributed by atoms with Crippen LogP contribution >= 0.6 is 22.6 Å². The Hall–Kier alpha value is -0.250. The third kappa shape index (κ3) is 3.12. The van der Waals surface area contributed by atoms with Gasteiger partial charge in [0.2, 0.25) is 0 Å². The summed E-state index contributed by atoms with van der Waals surface area (Å²) in [7, 11) is 0. The molecular weight excluding hydrogens is 311 g/mol. The van der Waals surface area contributed by atoms with E-state index in [9.17, 15) is 0 Å². The van der Waals surface area contributed by atoms with Crippen LogP contribution in [0.2, 0.25) is 0 Å². The Morgan fingerprint density at radius 3 is 2.88 bits per heavy atom. The molecule has 1 aromatic rings. The van der Waals surface area contributed by atoms with Gasteiger partial charge in [-0.2, -0.15) is 0 Å². The second-order valence-corrected chi connectivity index (χ2v) is 5.77. The monoisotopic (exact) mass is 330 g/mol. The molecule has 0 bridgehead atoms. The van der Waals surface area contributed by atoms with Crippen LogP contribution in [0, 0.1) is 9.49 Å². The first-order valence-corrected chi connectivity index (χ1v) is 7.28. The van der Waals surface area contributed by atoms with E-state index in [1.54, 1.807) is 0 Å². The van der Waals surface area contributed by atoms with Crippen LogP contribution in [-0.4, -0.2) is 6.10 Å². The van der Waals surface area contributed by atoms with Crippen LogP contribution in [0.5, 0.6) is 5.75 Å². The second kappa shape index (κ2) is 5.89. The van der Waals surface area contributed by atoms with Gasteiger partial charge in [-0.1, -0.05) is 31.9 Å². The molecule has 1 aliphatic carbocycles. The molecule has 1 saturated carbocycles. The van der Waals surface area contributed by atoms with E-state index in [2.05, 4.69) is 53.8 Å². The Bertz CT molecular complexity index is 337. The van der Waals surface area contributed by atoms with Gasteiger partial charge >= 0.3 is 0 Å². The molecule has 0 saturated heterocycles. The minimum absolute atomic E-state index is 0.439. The number of hydrogen-bond acceptors (Lipinski definition) is 1. The minimum Gasteiger partial charge on any atom is -0.489 e. The van der Waals surface area contributed by atoms with Crippen molar-refractivity contribution in [2.24, 2.45) is 5.92 Å². The largest absolute Gasteiger partial charge is 0.489 e. The van der Waals surface area contributed by atoms with Crippen molar-refractivity contribution in [3.8, 4) is 5.75 Å². The molecule has 0 aromatic heterocycles. The van der Waals surface area contributed by atoms with Gasteiger partial charge in [-0.05, 0) is 59.9 Å². The van der Waals surface area contributed by atoms with Crippen molar-refractivity contribution in [2.75, 3.05) is 0 Å². The number of hydrogen-bond donors (Lipinski definition) is 0.